The van der Waals surface area contributed by atoms with Crippen molar-refractivity contribution in [3.63, 3.8) is 0 Å². The van der Waals surface area contributed by atoms with Crippen LogP contribution in [0.3, 0.4) is 0 Å². The Hall–Kier alpha value is -0.970. The van der Waals surface area contributed by atoms with E-state index in [1.807, 2.05) is 0 Å². The van der Waals surface area contributed by atoms with E-state index in [4.69, 9.17) is 0 Å². The average molecular weight is 205 g/mol. The highest BCUT2D eigenvalue weighted by Gasteiger charge is 2.11. The Kier molecular flexibility index (Phi) is 3.36. The van der Waals surface area contributed by atoms with Crippen LogP contribution in [0.15, 0.2) is 11.4 Å². The molecule has 1 aromatic heterocycles. The molecule has 0 unspecified atom stereocenters. The summed E-state index contributed by atoms with van der Waals surface area (Å²) in [6, 6.07) is 1.63. The van der Waals surface area contributed by atoms with Crippen LogP contribution in [0, 0.1) is 6.92 Å². The van der Waals surface area contributed by atoms with Crippen LogP contribution in [0.5, 0.6) is 0 Å². The molecule has 0 aliphatic carbocycles. The maximum absolute atomic E-state index is 11.7. The fourth-order valence-corrected chi connectivity index (χ4v) is 1.58. The number of hydrogen-bond acceptors (Lipinski definition) is 2. The Morgan fingerprint density at radius 2 is 2.38 bits per heavy atom. The molecule has 1 heterocycles. The second-order valence-electron chi connectivity index (χ2n) is 2.49. The van der Waals surface area contributed by atoms with Crippen molar-refractivity contribution in [3.05, 3.63) is 21.9 Å². The fourth-order valence-electron chi connectivity index (χ4n) is 0.886. The molecule has 0 aromatic carbocycles. The van der Waals surface area contributed by atoms with E-state index in [1.54, 1.807) is 18.4 Å². The van der Waals surface area contributed by atoms with Gasteiger partial charge in [-0.3, -0.25) is 4.79 Å². The Morgan fingerprint density at radius 1 is 1.69 bits per heavy atom. The summed E-state index contributed by atoms with van der Waals surface area (Å²) >= 11 is 1.42. The lowest BCUT2D eigenvalue weighted by Crippen LogP contribution is -2.28. The number of halogens is 2. The SMILES string of the molecule is Cc1sccc1C(=O)NCC(F)F. The van der Waals surface area contributed by atoms with E-state index in [0.29, 0.717) is 5.56 Å². The van der Waals surface area contributed by atoms with Gasteiger partial charge in [0, 0.05) is 4.88 Å². The molecule has 2 nitrogen and oxygen atoms in total. The maximum Gasteiger partial charge on any atom is 0.255 e. The predicted molar refractivity (Wildman–Crippen MR) is 47.4 cm³/mol. The van der Waals surface area contributed by atoms with Crippen LogP contribution >= 0.6 is 11.3 Å². The van der Waals surface area contributed by atoms with Gasteiger partial charge in [0.1, 0.15) is 0 Å². The number of carbonyl (C=O) groups excluding carboxylic acids is 1. The lowest BCUT2D eigenvalue weighted by atomic mass is 10.2. The molecular formula is C8H9F2NOS. The van der Waals surface area contributed by atoms with Gasteiger partial charge in [0.15, 0.2) is 0 Å². The van der Waals surface area contributed by atoms with E-state index < -0.39 is 18.9 Å². The van der Waals surface area contributed by atoms with Crippen LogP contribution in [-0.2, 0) is 0 Å². The number of nitrogens with one attached hydrogen (secondary N) is 1. The maximum atomic E-state index is 11.7. The van der Waals surface area contributed by atoms with Crippen molar-refractivity contribution in [1.82, 2.24) is 5.32 Å². The third kappa shape index (κ3) is 2.77. The van der Waals surface area contributed by atoms with E-state index >= 15 is 0 Å². The smallest absolute Gasteiger partial charge is 0.255 e. The fraction of sp³-hybridized carbons (Fsp3) is 0.375. The van der Waals surface area contributed by atoms with E-state index in [2.05, 4.69) is 5.32 Å². The van der Waals surface area contributed by atoms with Gasteiger partial charge in [-0.25, -0.2) is 8.78 Å². The Morgan fingerprint density at radius 3 is 2.85 bits per heavy atom. The zero-order valence-corrected chi connectivity index (χ0v) is 7.83. The first-order valence-corrected chi connectivity index (χ1v) is 4.59. The molecule has 1 aromatic rings. The van der Waals surface area contributed by atoms with Crippen LogP contribution in [0.1, 0.15) is 15.2 Å². The van der Waals surface area contributed by atoms with E-state index in [0.717, 1.165) is 4.88 Å². The second kappa shape index (κ2) is 4.32. The number of amides is 1. The molecule has 0 bridgehead atoms. The van der Waals surface area contributed by atoms with E-state index in [9.17, 15) is 13.6 Å². The number of hydrogen-bond donors (Lipinski definition) is 1. The van der Waals surface area contributed by atoms with Crippen LogP contribution in [0.2, 0.25) is 0 Å². The highest BCUT2D eigenvalue weighted by Crippen LogP contribution is 2.14. The van der Waals surface area contributed by atoms with Crippen molar-refractivity contribution < 1.29 is 13.6 Å². The Bertz CT molecular complexity index is 298. The van der Waals surface area contributed by atoms with Gasteiger partial charge in [0.25, 0.3) is 12.3 Å². The molecule has 0 aliphatic heterocycles. The minimum atomic E-state index is -2.50. The highest BCUT2D eigenvalue weighted by molar-refractivity contribution is 7.10. The summed E-state index contributed by atoms with van der Waals surface area (Å²) < 4.78 is 23.5. The summed E-state index contributed by atoms with van der Waals surface area (Å²) in [7, 11) is 0. The van der Waals surface area contributed by atoms with Gasteiger partial charge in [0.2, 0.25) is 0 Å². The summed E-state index contributed by atoms with van der Waals surface area (Å²) in [5, 5.41) is 3.90. The van der Waals surface area contributed by atoms with Gasteiger partial charge in [-0.05, 0) is 18.4 Å². The molecule has 0 fully saturated rings. The molecule has 0 radical (unpaired) electrons. The molecule has 5 heteroatoms. The van der Waals surface area contributed by atoms with Crippen molar-refractivity contribution >= 4 is 17.2 Å². The third-order valence-corrected chi connectivity index (χ3v) is 2.37. The molecule has 1 amide bonds. The molecular weight excluding hydrogens is 196 g/mol. The summed E-state index contributed by atoms with van der Waals surface area (Å²) in [4.78, 5) is 12.0. The van der Waals surface area contributed by atoms with Crippen LogP contribution in [-0.4, -0.2) is 18.9 Å². The average Bonchev–Trinajstić information content (AvgIpc) is 2.47. The van der Waals surface area contributed by atoms with Crippen LogP contribution in [0.25, 0.3) is 0 Å². The van der Waals surface area contributed by atoms with Crippen molar-refractivity contribution in [1.29, 1.82) is 0 Å². The monoisotopic (exact) mass is 205 g/mol. The lowest BCUT2D eigenvalue weighted by Gasteiger charge is -2.02. The molecule has 1 rings (SSSR count). The van der Waals surface area contributed by atoms with Crippen molar-refractivity contribution in [3.8, 4) is 0 Å². The zero-order chi connectivity index (χ0) is 9.84. The van der Waals surface area contributed by atoms with E-state index in [-0.39, 0.29) is 0 Å². The molecule has 0 atom stereocenters. The Balaban J connectivity index is 2.54. The van der Waals surface area contributed by atoms with Gasteiger partial charge in [-0.15, -0.1) is 11.3 Å². The van der Waals surface area contributed by atoms with Crippen molar-refractivity contribution in [2.75, 3.05) is 6.54 Å². The first-order chi connectivity index (χ1) is 6.11. The predicted octanol–water partition coefficient (Wildman–Crippen LogP) is 2.05. The number of aryl methyl sites for hydroxylation is 1. The van der Waals surface area contributed by atoms with Crippen LogP contribution in [0.4, 0.5) is 8.78 Å². The summed E-state index contributed by atoms with van der Waals surface area (Å²) in [5.41, 5.74) is 0.477. The molecule has 0 aliphatic rings. The number of rotatable bonds is 3. The molecule has 0 saturated heterocycles. The van der Waals surface area contributed by atoms with Crippen molar-refractivity contribution in [2.24, 2.45) is 0 Å². The quantitative estimate of drug-likeness (QED) is 0.804. The molecule has 0 saturated carbocycles. The van der Waals surface area contributed by atoms with Gasteiger partial charge in [0.05, 0.1) is 12.1 Å². The number of alkyl halides is 2. The second-order valence-corrected chi connectivity index (χ2v) is 3.61. The molecule has 1 N–H and O–H groups in total. The highest BCUT2D eigenvalue weighted by atomic mass is 32.1. The molecule has 13 heavy (non-hydrogen) atoms. The van der Waals surface area contributed by atoms with Gasteiger partial charge in [-0.2, -0.15) is 0 Å². The van der Waals surface area contributed by atoms with Crippen LogP contribution < -0.4 is 5.32 Å². The van der Waals surface area contributed by atoms with Gasteiger partial charge in [-0.1, -0.05) is 0 Å². The first kappa shape index (κ1) is 10.1. The minimum absolute atomic E-state index is 0.431. The first-order valence-electron chi connectivity index (χ1n) is 3.71. The summed E-state index contributed by atoms with van der Waals surface area (Å²) in [6.45, 7) is 1.19. The summed E-state index contributed by atoms with van der Waals surface area (Å²) in [6.07, 6.45) is -2.50. The normalized spacial score (nSPS) is 10.5. The third-order valence-electron chi connectivity index (χ3n) is 1.52. The molecule has 0 spiro atoms. The number of thiophene rings is 1. The standard InChI is InChI=1S/C8H9F2NOS/c1-5-6(2-3-13-5)8(12)11-4-7(9)10/h2-3,7H,4H2,1H3,(H,11,12). The minimum Gasteiger partial charge on any atom is -0.346 e. The molecule has 72 valence electrons. The Labute approximate surface area is 78.6 Å². The lowest BCUT2D eigenvalue weighted by molar-refractivity contribution is 0.0891. The van der Waals surface area contributed by atoms with Gasteiger partial charge < -0.3 is 5.32 Å². The van der Waals surface area contributed by atoms with E-state index in [1.165, 1.54) is 11.3 Å². The van der Waals surface area contributed by atoms with Crippen molar-refractivity contribution in [2.45, 2.75) is 13.3 Å². The van der Waals surface area contributed by atoms with Gasteiger partial charge >= 0.3 is 0 Å². The topological polar surface area (TPSA) is 29.1 Å². The zero-order valence-electron chi connectivity index (χ0n) is 7.01. The number of carbonyl (C=O) groups is 1. The largest absolute Gasteiger partial charge is 0.346 e. The summed E-state index contributed by atoms with van der Waals surface area (Å²) in [5.74, 6) is -0.431.